The van der Waals surface area contributed by atoms with Gasteiger partial charge in [-0.1, -0.05) is 0 Å². The van der Waals surface area contributed by atoms with Crippen molar-refractivity contribution < 1.29 is 18.0 Å². The smallest absolute Gasteiger partial charge is 0.310 e. The molecule has 1 aromatic heterocycles. The van der Waals surface area contributed by atoms with Crippen LogP contribution in [0.3, 0.4) is 0 Å². The lowest BCUT2D eigenvalue weighted by atomic mass is 10.0. The molecule has 1 aromatic rings. The summed E-state index contributed by atoms with van der Waals surface area (Å²) in [6.45, 7) is 0.523. The Labute approximate surface area is 120 Å². The number of amides is 1. The van der Waals surface area contributed by atoms with E-state index in [1.165, 1.54) is 11.0 Å². The van der Waals surface area contributed by atoms with E-state index in [0.29, 0.717) is 18.3 Å². The number of carbonyl (C=O) groups is 1. The molecular formula is C14H16F3N3O. The number of alkyl halides is 3. The van der Waals surface area contributed by atoms with Gasteiger partial charge in [-0.2, -0.15) is 13.2 Å². The van der Waals surface area contributed by atoms with Crippen molar-refractivity contribution in [2.45, 2.75) is 43.9 Å². The first-order valence-electron chi connectivity index (χ1n) is 7.06. The van der Waals surface area contributed by atoms with Crippen molar-refractivity contribution in [3.05, 3.63) is 24.0 Å². The molecule has 0 spiro atoms. The zero-order chi connectivity index (χ0) is 15.0. The third kappa shape index (κ3) is 3.18. The molecule has 1 aliphatic heterocycles. The Balaban J connectivity index is 1.74. The van der Waals surface area contributed by atoms with Gasteiger partial charge in [-0.3, -0.25) is 4.79 Å². The minimum Gasteiger partial charge on any atom is -0.310 e. The van der Waals surface area contributed by atoms with Crippen molar-refractivity contribution in [2.75, 3.05) is 11.4 Å². The van der Waals surface area contributed by atoms with E-state index < -0.39 is 11.9 Å². The normalized spacial score (nSPS) is 23.5. The van der Waals surface area contributed by atoms with Gasteiger partial charge in [0, 0.05) is 12.6 Å². The number of pyridine rings is 1. The van der Waals surface area contributed by atoms with Crippen molar-refractivity contribution in [1.82, 2.24) is 10.3 Å². The first-order valence-corrected chi connectivity index (χ1v) is 7.06. The summed E-state index contributed by atoms with van der Waals surface area (Å²) in [5.74, 6) is -0.0743. The Morgan fingerprint density at radius 3 is 2.57 bits per heavy atom. The number of carbonyl (C=O) groups excluding carboxylic acids is 1. The topological polar surface area (TPSA) is 45.2 Å². The summed E-state index contributed by atoms with van der Waals surface area (Å²) >= 11 is 0. The molecule has 0 bridgehead atoms. The lowest BCUT2D eigenvalue weighted by molar-refractivity contribution is -0.141. The van der Waals surface area contributed by atoms with E-state index in [9.17, 15) is 18.0 Å². The van der Waals surface area contributed by atoms with Gasteiger partial charge in [0.25, 0.3) is 0 Å². The fraction of sp³-hybridized carbons (Fsp3) is 0.571. The number of nitrogens with one attached hydrogen (secondary N) is 1. The Hall–Kier alpha value is -1.63. The van der Waals surface area contributed by atoms with Crippen molar-refractivity contribution >= 4 is 11.6 Å². The fourth-order valence-electron chi connectivity index (χ4n) is 2.53. The molecule has 2 aliphatic rings. The van der Waals surface area contributed by atoms with Crippen LogP contribution in [-0.4, -0.2) is 29.5 Å². The van der Waals surface area contributed by atoms with Crippen LogP contribution in [0.2, 0.25) is 0 Å². The predicted octanol–water partition coefficient (Wildman–Crippen LogP) is 2.35. The van der Waals surface area contributed by atoms with Crippen LogP contribution in [-0.2, 0) is 11.0 Å². The van der Waals surface area contributed by atoms with Crippen LogP contribution in [0.5, 0.6) is 0 Å². The molecule has 1 saturated carbocycles. The van der Waals surface area contributed by atoms with Gasteiger partial charge < -0.3 is 10.2 Å². The Bertz CT molecular complexity index is 525. The monoisotopic (exact) mass is 299 g/mol. The van der Waals surface area contributed by atoms with Gasteiger partial charge in [-0.25, -0.2) is 4.98 Å². The summed E-state index contributed by atoms with van der Waals surface area (Å²) in [5, 5.41) is 3.29. The number of rotatable bonds is 3. The average molecular weight is 299 g/mol. The molecule has 1 atom stereocenters. The van der Waals surface area contributed by atoms with E-state index in [1.807, 2.05) is 0 Å². The van der Waals surface area contributed by atoms with Gasteiger partial charge in [0.1, 0.15) is 5.69 Å². The molecule has 3 rings (SSSR count). The van der Waals surface area contributed by atoms with Gasteiger partial charge >= 0.3 is 6.18 Å². The van der Waals surface area contributed by atoms with E-state index in [0.717, 1.165) is 37.9 Å². The maximum Gasteiger partial charge on any atom is 0.433 e. The number of aromatic nitrogens is 1. The van der Waals surface area contributed by atoms with Crippen LogP contribution in [0.1, 0.15) is 31.4 Å². The zero-order valence-corrected chi connectivity index (χ0v) is 11.4. The van der Waals surface area contributed by atoms with Gasteiger partial charge in [0.15, 0.2) is 0 Å². The first kappa shape index (κ1) is 14.3. The number of hydrogen-bond donors (Lipinski definition) is 1. The van der Waals surface area contributed by atoms with Crippen LogP contribution >= 0.6 is 0 Å². The molecule has 1 saturated heterocycles. The van der Waals surface area contributed by atoms with Crippen LogP contribution < -0.4 is 10.2 Å². The van der Waals surface area contributed by atoms with Crippen molar-refractivity contribution in [3.8, 4) is 0 Å². The Morgan fingerprint density at radius 1 is 1.24 bits per heavy atom. The average Bonchev–Trinajstić information content (AvgIpc) is 3.24. The second-order valence-electron chi connectivity index (χ2n) is 5.53. The van der Waals surface area contributed by atoms with Gasteiger partial charge in [0.05, 0.1) is 17.9 Å². The second-order valence-corrected chi connectivity index (χ2v) is 5.53. The van der Waals surface area contributed by atoms with Crippen LogP contribution in [0.4, 0.5) is 18.9 Å². The highest BCUT2D eigenvalue weighted by Crippen LogP contribution is 2.29. The molecule has 0 aromatic carbocycles. The zero-order valence-electron chi connectivity index (χ0n) is 11.4. The molecule has 21 heavy (non-hydrogen) atoms. The lowest BCUT2D eigenvalue weighted by Gasteiger charge is -2.32. The summed E-state index contributed by atoms with van der Waals surface area (Å²) in [4.78, 5) is 17.3. The molecular weight excluding hydrogens is 283 g/mol. The molecule has 7 heteroatoms. The highest BCUT2D eigenvalue weighted by molar-refractivity contribution is 5.97. The number of halogens is 3. The van der Waals surface area contributed by atoms with E-state index in [-0.39, 0.29) is 11.9 Å². The molecule has 4 nitrogen and oxygen atoms in total. The molecule has 2 heterocycles. The third-order valence-corrected chi connectivity index (χ3v) is 3.80. The molecule has 1 aliphatic carbocycles. The van der Waals surface area contributed by atoms with E-state index in [2.05, 4.69) is 10.3 Å². The first-order chi connectivity index (χ1) is 9.95. The van der Waals surface area contributed by atoms with Crippen molar-refractivity contribution in [3.63, 3.8) is 0 Å². The van der Waals surface area contributed by atoms with E-state index >= 15 is 0 Å². The van der Waals surface area contributed by atoms with Crippen molar-refractivity contribution in [1.29, 1.82) is 0 Å². The Morgan fingerprint density at radius 2 is 2.00 bits per heavy atom. The number of piperidine rings is 1. The highest BCUT2D eigenvalue weighted by Gasteiger charge is 2.35. The molecule has 1 unspecified atom stereocenters. The standard InChI is InChI=1S/C14H16F3N3O/c15-14(16,17)12-6-5-10(8-18-12)20-7-1-2-11(13(20)21)19-9-3-4-9/h5-6,8-9,11,19H,1-4,7H2. The highest BCUT2D eigenvalue weighted by atomic mass is 19.4. The van der Waals surface area contributed by atoms with Gasteiger partial charge in [0.2, 0.25) is 5.91 Å². The summed E-state index contributed by atoms with van der Waals surface area (Å²) in [6.07, 6.45) is 0.453. The Kier molecular flexibility index (Phi) is 3.61. The third-order valence-electron chi connectivity index (χ3n) is 3.80. The van der Waals surface area contributed by atoms with Crippen LogP contribution in [0, 0.1) is 0 Å². The molecule has 1 N–H and O–H groups in total. The van der Waals surface area contributed by atoms with Gasteiger partial charge in [-0.15, -0.1) is 0 Å². The maximum atomic E-state index is 12.5. The number of anilines is 1. The summed E-state index contributed by atoms with van der Waals surface area (Å²) in [5.41, 5.74) is -0.515. The summed E-state index contributed by atoms with van der Waals surface area (Å²) in [6, 6.07) is 2.42. The SMILES string of the molecule is O=C1C(NC2CC2)CCCN1c1ccc(C(F)(F)F)nc1. The quantitative estimate of drug-likeness (QED) is 0.932. The van der Waals surface area contributed by atoms with Gasteiger partial charge in [-0.05, 0) is 37.8 Å². The number of nitrogens with zero attached hydrogens (tertiary/aromatic N) is 2. The fourth-order valence-corrected chi connectivity index (χ4v) is 2.53. The number of hydrogen-bond acceptors (Lipinski definition) is 3. The predicted molar refractivity (Wildman–Crippen MR) is 70.8 cm³/mol. The minimum absolute atomic E-state index is 0.0743. The molecule has 114 valence electrons. The van der Waals surface area contributed by atoms with E-state index in [4.69, 9.17) is 0 Å². The van der Waals surface area contributed by atoms with Crippen LogP contribution in [0.25, 0.3) is 0 Å². The molecule has 2 fully saturated rings. The summed E-state index contributed by atoms with van der Waals surface area (Å²) in [7, 11) is 0. The van der Waals surface area contributed by atoms with Crippen LogP contribution in [0.15, 0.2) is 18.3 Å². The second kappa shape index (κ2) is 5.29. The summed E-state index contributed by atoms with van der Waals surface area (Å²) < 4.78 is 37.5. The minimum atomic E-state index is -4.46. The maximum absolute atomic E-state index is 12.5. The van der Waals surface area contributed by atoms with E-state index in [1.54, 1.807) is 0 Å². The van der Waals surface area contributed by atoms with Crippen molar-refractivity contribution in [2.24, 2.45) is 0 Å². The molecule has 1 amide bonds. The lowest BCUT2D eigenvalue weighted by Crippen LogP contribution is -2.51. The largest absolute Gasteiger partial charge is 0.433 e. The molecule has 0 radical (unpaired) electrons.